The molecule has 1 rings (SSSR count). The van der Waals surface area contributed by atoms with Crippen LogP contribution < -0.4 is 0 Å². The highest BCUT2D eigenvalue weighted by Gasteiger charge is 2.34. The van der Waals surface area contributed by atoms with Crippen molar-refractivity contribution >= 4 is 25.4 Å². The van der Waals surface area contributed by atoms with Crippen LogP contribution in [0.4, 0.5) is 0 Å². The lowest BCUT2D eigenvalue weighted by Gasteiger charge is -2.35. The van der Waals surface area contributed by atoms with Crippen LogP contribution in [0.3, 0.4) is 0 Å². The molecule has 0 aromatic carbocycles. The lowest BCUT2D eigenvalue weighted by molar-refractivity contribution is 0.364. The molecule has 0 radical (unpaired) electrons. The van der Waals surface area contributed by atoms with E-state index in [0.29, 0.717) is 0 Å². The Hall–Kier alpha value is 0.611. The quantitative estimate of drug-likeness (QED) is 0.0543. The Kier molecular flexibility index (Phi) is 30.0. The van der Waals surface area contributed by atoms with Gasteiger partial charge in [0, 0.05) is 22.8 Å². The Bertz CT molecular complexity index is 481. The number of rotatable bonds is 32. The molecule has 0 aliphatic carbocycles. The van der Waals surface area contributed by atoms with Crippen LogP contribution in [0.1, 0.15) is 206 Å². The highest BCUT2D eigenvalue weighted by molar-refractivity contribution is 7.43. The van der Waals surface area contributed by atoms with Crippen molar-refractivity contribution in [1.29, 1.82) is 0 Å². The monoisotopic (exact) mass is 611 g/mol. The van der Waals surface area contributed by atoms with Gasteiger partial charge >= 0.3 is 0 Å². The van der Waals surface area contributed by atoms with Gasteiger partial charge in [-0.25, -0.2) is 0 Å². The van der Waals surface area contributed by atoms with Gasteiger partial charge in [0.1, 0.15) is 9.28 Å². The lowest BCUT2D eigenvalue weighted by Crippen LogP contribution is -2.49. The van der Waals surface area contributed by atoms with Gasteiger partial charge in [-0.1, -0.05) is 219 Å². The van der Waals surface area contributed by atoms with Crippen molar-refractivity contribution in [2.24, 2.45) is 0 Å². The summed E-state index contributed by atoms with van der Waals surface area (Å²) in [5.74, 6) is 0. The van der Waals surface area contributed by atoms with E-state index in [4.69, 9.17) is 4.43 Å². The average Bonchev–Trinajstić information content (AvgIpc) is 2.97. The van der Waals surface area contributed by atoms with Gasteiger partial charge in [-0.3, -0.25) is 0 Å². The van der Waals surface area contributed by atoms with Gasteiger partial charge < -0.3 is 4.43 Å². The SMILES string of the molecule is CCCCCCCCCCCCCCCCCC[Si]1(CCCCCCCCCCCCCCCC)CCO[SiH2][SiH2]1. The van der Waals surface area contributed by atoms with Crippen LogP contribution in [0.15, 0.2) is 0 Å². The zero-order valence-corrected chi connectivity index (χ0v) is 32.2. The molecule has 1 saturated heterocycles. The molecule has 1 aliphatic heterocycles. The normalized spacial score (nSPS) is 18.8. The summed E-state index contributed by atoms with van der Waals surface area (Å²) in [4.78, 5) is 0. The molecule has 1 fully saturated rings. The third-order valence-corrected chi connectivity index (χ3v) is 35.3. The summed E-state index contributed by atoms with van der Waals surface area (Å²) < 4.78 is 6.02. The van der Waals surface area contributed by atoms with Gasteiger partial charge in [0.15, 0.2) is 0 Å². The molecule has 0 saturated carbocycles. The second-order valence-corrected chi connectivity index (χ2v) is 31.6. The van der Waals surface area contributed by atoms with E-state index in [2.05, 4.69) is 13.8 Å². The van der Waals surface area contributed by atoms with Crippen LogP contribution in [0.2, 0.25) is 18.1 Å². The van der Waals surface area contributed by atoms with E-state index in [1.54, 1.807) is 43.8 Å². The molecular weight excluding hydrogens is 533 g/mol. The van der Waals surface area contributed by atoms with Crippen molar-refractivity contribution < 1.29 is 4.43 Å². The molecule has 0 N–H and O–H groups in total. The minimum atomic E-state index is -0.817. The van der Waals surface area contributed by atoms with E-state index in [9.17, 15) is 0 Å². The number of hydrogen-bond donors (Lipinski definition) is 0. The molecule has 1 aliphatic rings. The maximum Gasteiger partial charge on any atom is 0.141 e. The molecule has 0 bridgehead atoms. The fourth-order valence-corrected chi connectivity index (χ4v) is 30.9. The third kappa shape index (κ3) is 25.1. The summed E-state index contributed by atoms with van der Waals surface area (Å²) in [6.07, 6.45) is 44.9. The fraction of sp³-hybridized carbons (Fsp3) is 1.00. The molecule has 4 heteroatoms. The van der Waals surface area contributed by atoms with Gasteiger partial charge in [0.05, 0.1) is 0 Å². The summed E-state index contributed by atoms with van der Waals surface area (Å²) in [5, 5.41) is 0. The first-order chi connectivity index (χ1) is 19.8. The second kappa shape index (κ2) is 31.0. The zero-order chi connectivity index (χ0) is 28.7. The summed E-state index contributed by atoms with van der Waals surface area (Å²) in [6.45, 7) is 5.81. The topological polar surface area (TPSA) is 9.23 Å². The van der Waals surface area contributed by atoms with Crippen molar-refractivity contribution in [2.45, 2.75) is 225 Å². The first kappa shape index (κ1) is 38.6. The molecule has 1 nitrogen and oxygen atoms in total. The van der Waals surface area contributed by atoms with Crippen LogP contribution in [-0.4, -0.2) is 32.0 Å². The Balaban J connectivity index is 1.91. The van der Waals surface area contributed by atoms with E-state index < -0.39 is 7.59 Å². The summed E-state index contributed by atoms with van der Waals surface area (Å²) in [5.41, 5.74) is 0. The highest BCUT2D eigenvalue weighted by Crippen LogP contribution is 2.28. The predicted molar refractivity (Wildman–Crippen MR) is 193 cm³/mol. The zero-order valence-electron chi connectivity index (χ0n) is 28.4. The molecule has 0 amide bonds. The predicted octanol–water partition coefficient (Wildman–Crippen LogP) is 11.9. The van der Waals surface area contributed by atoms with E-state index in [1.807, 2.05) is 0 Å². The van der Waals surface area contributed by atoms with Crippen molar-refractivity contribution in [3.8, 4) is 0 Å². The molecule has 240 valence electrons. The summed E-state index contributed by atoms with van der Waals surface area (Å²) >= 11 is 0. The van der Waals surface area contributed by atoms with Crippen LogP contribution >= 0.6 is 0 Å². The van der Waals surface area contributed by atoms with E-state index in [1.165, 1.54) is 174 Å². The molecule has 0 spiro atoms. The van der Waals surface area contributed by atoms with E-state index in [0.717, 1.165) is 0 Å². The Morgan fingerprint density at radius 2 is 0.675 bits per heavy atom. The van der Waals surface area contributed by atoms with Crippen molar-refractivity contribution in [3.05, 3.63) is 0 Å². The van der Waals surface area contributed by atoms with Crippen LogP contribution in [-0.2, 0) is 4.43 Å². The summed E-state index contributed by atoms with van der Waals surface area (Å²) in [6, 6.07) is 5.00. The largest absolute Gasteiger partial charge is 0.428 e. The highest BCUT2D eigenvalue weighted by atomic mass is 29.6. The van der Waals surface area contributed by atoms with E-state index in [-0.39, 0.29) is 17.8 Å². The smallest absolute Gasteiger partial charge is 0.141 e. The van der Waals surface area contributed by atoms with Crippen molar-refractivity contribution in [2.75, 3.05) is 6.61 Å². The van der Waals surface area contributed by atoms with Crippen LogP contribution in [0.25, 0.3) is 0 Å². The molecule has 40 heavy (non-hydrogen) atoms. The van der Waals surface area contributed by atoms with Gasteiger partial charge in [-0.15, -0.1) is 0 Å². The van der Waals surface area contributed by atoms with Crippen molar-refractivity contribution in [3.63, 3.8) is 0 Å². The third-order valence-electron chi connectivity index (χ3n) is 10.2. The number of unbranched alkanes of at least 4 members (excludes halogenated alkanes) is 28. The number of hydrogen-bond acceptors (Lipinski definition) is 1. The van der Waals surface area contributed by atoms with Crippen LogP contribution in [0, 0.1) is 0 Å². The fourth-order valence-electron chi connectivity index (χ4n) is 7.17. The molecule has 0 aromatic rings. The summed E-state index contributed by atoms with van der Waals surface area (Å²) in [7, 11) is -0.602. The Morgan fingerprint density at radius 3 is 0.925 bits per heavy atom. The lowest BCUT2D eigenvalue weighted by atomic mass is 10.0. The van der Waals surface area contributed by atoms with Gasteiger partial charge in [0.25, 0.3) is 0 Å². The maximum absolute atomic E-state index is 6.02. The Morgan fingerprint density at radius 1 is 0.400 bits per heavy atom. The first-order valence-electron chi connectivity index (χ1n) is 19.4. The average molecular weight is 611 g/mol. The Labute approximate surface area is 260 Å². The minimum Gasteiger partial charge on any atom is -0.428 e. The molecule has 0 aromatic heterocycles. The molecule has 1 heterocycles. The molecule has 1 unspecified atom stereocenters. The molecular formula is C36H78OSi3. The van der Waals surface area contributed by atoms with Gasteiger partial charge in [-0.2, -0.15) is 0 Å². The van der Waals surface area contributed by atoms with E-state index >= 15 is 0 Å². The van der Waals surface area contributed by atoms with Crippen molar-refractivity contribution in [1.82, 2.24) is 0 Å². The second-order valence-electron chi connectivity index (χ2n) is 14.0. The molecule has 1 atom stereocenters. The maximum atomic E-state index is 6.02. The standard InChI is InChI=1S/C36H78OSi3/c1-3-5-7-9-11-13-15-17-19-20-22-24-26-28-30-32-35-40(36-33-37-38-39-40)34-31-29-27-25-23-21-18-16-14-12-10-8-6-4-2/h3-36,38-39H2,1-2H3. The van der Waals surface area contributed by atoms with Gasteiger partial charge in [-0.05, 0) is 6.04 Å². The first-order valence-corrected chi connectivity index (χ1v) is 28.9. The minimum absolute atomic E-state index is 0.0267. The van der Waals surface area contributed by atoms with Gasteiger partial charge in [0.2, 0.25) is 0 Å². The van der Waals surface area contributed by atoms with Crippen LogP contribution in [0.5, 0.6) is 0 Å².